The van der Waals surface area contributed by atoms with E-state index in [4.69, 9.17) is 4.52 Å². The molecule has 2 aromatic rings. The summed E-state index contributed by atoms with van der Waals surface area (Å²) in [5.41, 5.74) is 1.18. The fourth-order valence-electron chi connectivity index (χ4n) is 2.55. The first-order chi connectivity index (χ1) is 10.6. The standard InChI is InChI=1S/C14H19N5O2S/c1-8(2)12-15-13(21-16-12)10-4-6-19(7-5-10)14(20)11-9(3)17-22-18-11/h8,10H,4-7H2,1-3H3. The molecule has 8 heteroatoms. The van der Waals surface area contributed by atoms with E-state index in [1.807, 2.05) is 25.7 Å². The topological polar surface area (TPSA) is 85.0 Å². The van der Waals surface area contributed by atoms with Gasteiger partial charge in [-0.05, 0) is 19.8 Å². The van der Waals surface area contributed by atoms with Crippen LogP contribution in [0.1, 0.15) is 66.4 Å². The molecule has 0 N–H and O–H groups in total. The molecule has 1 aliphatic heterocycles. The minimum atomic E-state index is -0.0295. The number of hydrogen-bond acceptors (Lipinski definition) is 7. The Kier molecular flexibility index (Phi) is 4.19. The molecule has 0 atom stereocenters. The maximum atomic E-state index is 12.4. The lowest BCUT2D eigenvalue weighted by molar-refractivity contribution is 0.0699. The van der Waals surface area contributed by atoms with Crippen molar-refractivity contribution in [2.75, 3.05) is 13.1 Å². The molecule has 7 nitrogen and oxygen atoms in total. The lowest BCUT2D eigenvalue weighted by Gasteiger charge is -2.29. The summed E-state index contributed by atoms with van der Waals surface area (Å²) in [6, 6.07) is 0. The Balaban J connectivity index is 1.62. The first-order valence-corrected chi connectivity index (χ1v) is 8.21. The van der Waals surface area contributed by atoms with E-state index < -0.39 is 0 Å². The van der Waals surface area contributed by atoms with Gasteiger partial charge in [-0.1, -0.05) is 19.0 Å². The third kappa shape index (κ3) is 2.87. The van der Waals surface area contributed by atoms with Gasteiger partial charge in [0.25, 0.3) is 5.91 Å². The average Bonchev–Trinajstić information content (AvgIpc) is 3.15. The number of likely N-dealkylation sites (tertiary alicyclic amines) is 1. The molecule has 1 aliphatic rings. The van der Waals surface area contributed by atoms with Crippen LogP contribution in [0.3, 0.4) is 0 Å². The zero-order valence-corrected chi connectivity index (χ0v) is 13.8. The lowest BCUT2D eigenvalue weighted by atomic mass is 9.96. The molecule has 118 valence electrons. The second kappa shape index (κ2) is 6.12. The smallest absolute Gasteiger partial charge is 0.275 e. The molecule has 1 amide bonds. The zero-order chi connectivity index (χ0) is 15.7. The van der Waals surface area contributed by atoms with Crippen molar-refractivity contribution >= 4 is 17.6 Å². The van der Waals surface area contributed by atoms with E-state index in [0.29, 0.717) is 30.4 Å². The van der Waals surface area contributed by atoms with E-state index in [-0.39, 0.29) is 17.7 Å². The van der Waals surface area contributed by atoms with Crippen molar-refractivity contribution in [1.29, 1.82) is 0 Å². The van der Waals surface area contributed by atoms with Crippen molar-refractivity contribution in [2.24, 2.45) is 0 Å². The highest BCUT2D eigenvalue weighted by atomic mass is 32.1. The first-order valence-electron chi connectivity index (χ1n) is 7.48. The Morgan fingerprint density at radius 3 is 2.59 bits per heavy atom. The summed E-state index contributed by atoms with van der Waals surface area (Å²) >= 11 is 1.08. The van der Waals surface area contributed by atoms with Crippen molar-refractivity contribution in [2.45, 2.75) is 45.4 Å². The largest absolute Gasteiger partial charge is 0.339 e. The van der Waals surface area contributed by atoms with Crippen molar-refractivity contribution in [1.82, 2.24) is 23.8 Å². The molecular weight excluding hydrogens is 302 g/mol. The molecule has 0 unspecified atom stereocenters. The summed E-state index contributed by atoms with van der Waals surface area (Å²) in [5.74, 6) is 1.91. The minimum Gasteiger partial charge on any atom is -0.339 e. The first kappa shape index (κ1) is 15.1. The number of aromatic nitrogens is 4. The molecule has 0 spiro atoms. The monoisotopic (exact) mass is 321 g/mol. The average molecular weight is 321 g/mol. The highest BCUT2D eigenvalue weighted by Crippen LogP contribution is 2.28. The van der Waals surface area contributed by atoms with E-state index >= 15 is 0 Å². The van der Waals surface area contributed by atoms with Crippen LogP contribution in [0.15, 0.2) is 4.52 Å². The molecule has 1 saturated heterocycles. The van der Waals surface area contributed by atoms with Crippen LogP contribution in [0.4, 0.5) is 0 Å². The molecule has 0 saturated carbocycles. The number of aryl methyl sites for hydroxylation is 1. The summed E-state index contributed by atoms with van der Waals surface area (Å²) in [6.45, 7) is 7.26. The molecule has 2 aromatic heterocycles. The number of carbonyl (C=O) groups excluding carboxylic acids is 1. The third-order valence-corrected chi connectivity index (χ3v) is 4.58. The minimum absolute atomic E-state index is 0.0295. The Labute approximate surface area is 133 Å². The van der Waals surface area contributed by atoms with Gasteiger partial charge in [0.1, 0.15) is 0 Å². The van der Waals surface area contributed by atoms with E-state index in [1.54, 1.807) is 0 Å². The highest BCUT2D eigenvalue weighted by molar-refractivity contribution is 6.99. The van der Waals surface area contributed by atoms with Gasteiger partial charge in [0.2, 0.25) is 5.89 Å². The van der Waals surface area contributed by atoms with Crippen LogP contribution in [0.2, 0.25) is 0 Å². The number of nitrogens with zero attached hydrogens (tertiary/aromatic N) is 5. The van der Waals surface area contributed by atoms with Gasteiger partial charge in [0, 0.05) is 24.9 Å². The zero-order valence-electron chi connectivity index (χ0n) is 12.9. The molecular formula is C14H19N5O2S. The predicted octanol–water partition coefficient (Wildman–Crippen LogP) is 2.37. The summed E-state index contributed by atoms with van der Waals surface area (Å²) < 4.78 is 13.5. The molecule has 3 heterocycles. The second-order valence-corrected chi connectivity index (χ2v) is 6.44. The summed E-state index contributed by atoms with van der Waals surface area (Å²) in [4.78, 5) is 18.7. The molecule has 1 fully saturated rings. The van der Waals surface area contributed by atoms with Crippen molar-refractivity contribution in [3.63, 3.8) is 0 Å². The van der Waals surface area contributed by atoms with Crippen molar-refractivity contribution in [3.05, 3.63) is 23.1 Å². The van der Waals surface area contributed by atoms with Crippen LogP contribution in [-0.2, 0) is 0 Å². The van der Waals surface area contributed by atoms with Gasteiger partial charge < -0.3 is 9.42 Å². The SMILES string of the molecule is Cc1nsnc1C(=O)N1CCC(c2nc(C(C)C)no2)CC1. The summed E-state index contributed by atoms with van der Waals surface area (Å²) in [7, 11) is 0. The number of piperidine rings is 1. The van der Waals surface area contributed by atoms with E-state index in [0.717, 1.165) is 30.4 Å². The van der Waals surface area contributed by atoms with E-state index in [9.17, 15) is 4.79 Å². The van der Waals surface area contributed by atoms with Crippen molar-refractivity contribution < 1.29 is 9.32 Å². The van der Waals surface area contributed by atoms with E-state index in [2.05, 4.69) is 18.9 Å². The number of hydrogen-bond donors (Lipinski definition) is 0. The molecule has 0 aromatic carbocycles. The third-order valence-electron chi connectivity index (χ3n) is 3.96. The summed E-state index contributed by atoms with van der Waals surface area (Å²) in [6.07, 6.45) is 1.67. The van der Waals surface area contributed by atoms with Crippen molar-refractivity contribution in [3.8, 4) is 0 Å². The number of rotatable bonds is 3. The van der Waals surface area contributed by atoms with Gasteiger partial charge in [-0.25, -0.2) is 0 Å². The Bertz CT molecular complexity index is 658. The van der Waals surface area contributed by atoms with Crippen LogP contribution < -0.4 is 0 Å². The second-order valence-electron chi connectivity index (χ2n) is 5.91. The fraction of sp³-hybridized carbons (Fsp3) is 0.643. The Hall–Kier alpha value is -1.83. The van der Waals surface area contributed by atoms with Crippen LogP contribution in [0, 0.1) is 6.92 Å². The Morgan fingerprint density at radius 2 is 2.05 bits per heavy atom. The fourth-order valence-corrected chi connectivity index (χ4v) is 3.09. The van der Waals surface area contributed by atoms with Gasteiger partial charge in [-0.2, -0.15) is 13.7 Å². The van der Waals surface area contributed by atoms with E-state index in [1.165, 1.54) is 0 Å². The summed E-state index contributed by atoms with van der Waals surface area (Å²) in [5, 5.41) is 4.01. The maximum Gasteiger partial charge on any atom is 0.275 e. The predicted molar refractivity (Wildman–Crippen MR) is 80.9 cm³/mol. The van der Waals surface area contributed by atoms with Crippen LogP contribution in [0.25, 0.3) is 0 Å². The highest BCUT2D eigenvalue weighted by Gasteiger charge is 2.29. The van der Waals surface area contributed by atoms with Gasteiger partial charge in [0.15, 0.2) is 11.5 Å². The number of carbonyl (C=O) groups is 1. The molecule has 0 bridgehead atoms. The quantitative estimate of drug-likeness (QED) is 0.863. The van der Waals surface area contributed by atoms with Crippen LogP contribution in [-0.4, -0.2) is 42.8 Å². The normalized spacial score (nSPS) is 16.5. The van der Waals surface area contributed by atoms with Gasteiger partial charge in [0.05, 0.1) is 17.4 Å². The molecule has 0 aliphatic carbocycles. The Morgan fingerprint density at radius 1 is 1.32 bits per heavy atom. The lowest BCUT2D eigenvalue weighted by Crippen LogP contribution is -2.38. The number of amides is 1. The molecule has 22 heavy (non-hydrogen) atoms. The van der Waals surface area contributed by atoms with Gasteiger partial charge in [-0.3, -0.25) is 4.79 Å². The molecule has 0 radical (unpaired) electrons. The van der Waals surface area contributed by atoms with Gasteiger partial charge >= 0.3 is 0 Å². The van der Waals surface area contributed by atoms with Gasteiger partial charge in [-0.15, -0.1) is 0 Å². The maximum absolute atomic E-state index is 12.4. The molecule has 3 rings (SSSR count). The van der Waals surface area contributed by atoms with Crippen LogP contribution in [0.5, 0.6) is 0 Å². The van der Waals surface area contributed by atoms with Crippen LogP contribution >= 0.6 is 11.7 Å².